The van der Waals surface area contributed by atoms with Crippen LogP contribution < -0.4 is 0 Å². The summed E-state index contributed by atoms with van der Waals surface area (Å²) >= 11 is 0. The second-order valence-corrected chi connectivity index (χ2v) is 4.75. The number of likely N-dealkylation sites (tertiary alicyclic amines) is 1. The average molecular weight is 251 g/mol. The summed E-state index contributed by atoms with van der Waals surface area (Å²) in [5, 5.41) is 9.52. The van der Waals surface area contributed by atoms with E-state index >= 15 is 0 Å². The van der Waals surface area contributed by atoms with Crippen LogP contribution >= 0.6 is 0 Å². The summed E-state index contributed by atoms with van der Waals surface area (Å²) < 4.78 is 10.7. The van der Waals surface area contributed by atoms with Crippen LogP contribution in [0.1, 0.15) is 5.56 Å². The zero-order chi connectivity index (χ0) is 13.0. The molecule has 1 aromatic rings. The maximum Gasteiger partial charge on any atom is 0.193 e. The molecule has 1 aliphatic heterocycles. The average Bonchev–Trinajstić information content (AvgIpc) is 2.38. The number of methoxy groups -OCH3 is 2. The molecule has 0 aromatic heterocycles. The highest BCUT2D eigenvalue weighted by molar-refractivity contribution is 5.16. The van der Waals surface area contributed by atoms with E-state index in [-0.39, 0.29) is 12.6 Å². The van der Waals surface area contributed by atoms with Crippen molar-refractivity contribution in [3.8, 4) is 0 Å². The monoisotopic (exact) mass is 251 g/mol. The SMILES string of the molecule is COC1(OC)CN(C(CO)Cc2ccccc2)C1. The van der Waals surface area contributed by atoms with E-state index in [4.69, 9.17) is 9.47 Å². The van der Waals surface area contributed by atoms with Crippen molar-refractivity contribution in [1.29, 1.82) is 0 Å². The van der Waals surface area contributed by atoms with E-state index in [1.807, 2.05) is 18.2 Å². The molecule has 18 heavy (non-hydrogen) atoms. The first-order chi connectivity index (χ1) is 8.73. The normalized spacial score (nSPS) is 20.4. The van der Waals surface area contributed by atoms with E-state index < -0.39 is 5.79 Å². The fraction of sp³-hybridized carbons (Fsp3) is 0.571. The van der Waals surface area contributed by atoms with Gasteiger partial charge in [-0.3, -0.25) is 4.90 Å². The zero-order valence-electron chi connectivity index (χ0n) is 11.0. The molecular weight excluding hydrogens is 230 g/mol. The maximum atomic E-state index is 9.52. The molecule has 1 aliphatic rings. The van der Waals surface area contributed by atoms with Gasteiger partial charge in [0.1, 0.15) is 0 Å². The van der Waals surface area contributed by atoms with Crippen LogP contribution in [0, 0.1) is 0 Å². The Morgan fingerprint density at radius 3 is 2.33 bits per heavy atom. The molecular formula is C14H21NO3. The minimum atomic E-state index is -0.482. The molecule has 1 saturated heterocycles. The third kappa shape index (κ3) is 2.72. The van der Waals surface area contributed by atoms with Gasteiger partial charge in [0.05, 0.1) is 19.7 Å². The van der Waals surface area contributed by atoms with Crippen LogP contribution in [-0.4, -0.2) is 55.8 Å². The van der Waals surface area contributed by atoms with Gasteiger partial charge in [0.2, 0.25) is 0 Å². The summed E-state index contributed by atoms with van der Waals surface area (Å²) in [6, 6.07) is 10.3. The first-order valence-corrected chi connectivity index (χ1v) is 6.22. The first kappa shape index (κ1) is 13.5. The maximum absolute atomic E-state index is 9.52. The molecule has 4 nitrogen and oxygen atoms in total. The summed E-state index contributed by atoms with van der Waals surface area (Å²) in [5.41, 5.74) is 1.24. The Kier molecular flexibility index (Phi) is 4.35. The fourth-order valence-electron chi connectivity index (χ4n) is 2.37. The number of rotatable bonds is 6. The molecule has 4 heteroatoms. The highest BCUT2D eigenvalue weighted by Gasteiger charge is 2.46. The van der Waals surface area contributed by atoms with Gasteiger partial charge >= 0.3 is 0 Å². The Morgan fingerprint density at radius 2 is 1.83 bits per heavy atom. The number of hydrogen-bond acceptors (Lipinski definition) is 4. The van der Waals surface area contributed by atoms with Crippen LogP contribution in [-0.2, 0) is 15.9 Å². The molecule has 2 rings (SSSR count). The minimum Gasteiger partial charge on any atom is -0.395 e. The molecule has 1 atom stereocenters. The van der Waals surface area contributed by atoms with Crippen molar-refractivity contribution in [2.24, 2.45) is 0 Å². The van der Waals surface area contributed by atoms with Crippen molar-refractivity contribution < 1.29 is 14.6 Å². The third-order valence-electron chi connectivity index (χ3n) is 3.67. The summed E-state index contributed by atoms with van der Waals surface area (Å²) in [6.07, 6.45) is 0.848. The molecule has 0 amide bonds. The Balaban J connectivity index is 1.92. The van der Waals surface area contributed by atoms with Crippen molar-refractivity contribution in [3.63, 3.8) is 0 Å². The number of hydrogen-bond donors (Lipinski definition) is 1. The largest absolute Gasteiger partial charge is 0.395 e. The van der Waals surface area contributed by atoms with Crippen LogP contribution in [0.3, 0.4) is 0 Å². The molecule has 1 N–H and O–H groups in total. The van der Waals surface area contributed by atoms with Gasteiger partial charge in [-0.25, -0.2) is 0 Å². The molecule has 0 saturated carbocycles. The molecule has 0 bridgehead atoms. The van der Waals surface area contributed by atoms with E-state index in [1.165, 1.54) is 5.56 Å². The first-order valence-electron chi connectivity index (χ1n) is 6.22. The Hall–Kier alpha value is -0.940. The number of benzene rings is 1. The van der Waals surface area contributed by atoms with Crippen molar-refractivity contribution >= 4 is 0 Å². The molecule has 1 fully saturated rings. The predicted molar refractivity (Wildman–Crippen MR) is 69.3 cm³/mol. The fourth-order valence-corrected chi connectivity index (χ4v) is 2.37. The molecule has 0 radical (unpaired) electrons. The minimum absolute atomic E-state index is 0.130. The second-order valence-electron chi connectivity index (χ2n) is 4.75. The molecule has 0 aliphatic carbocycles. The lowest BCUT2D eigenvalue weighted by Gasteiger charge is -2.50. The van der Waals surface area contributed by atoms with Crippen LogP contribution in [0.4, 0.5) is 0 Å². The number of ether oxygens (including phenoxy) is 2. The van der Waals surface area contributed by atoms with Crippen LogP contribution in [0.2, 0.25) is 0 Å². The Bertz CT molecular complexity index is 357. The Morgan fingerprint density at radius 1 is 1.22 bits per heavy atom. The van der Waals surface area contributed by atoms with Crippen LogP contribution in [0.15, 0.2) is 30.3 Å². The van der Waals surface area contributed by atoms with Gasteiger partial charge < -0.3 is 14.6 Å². The lowest BCUT2D eigenvalue weighted by Crippen LogP contribution is -2.67. The van der Waals surface area contributed by atoms with Crippen LogP contribution in [0.5, 0.6) is 0 Å². The standard InChI is InChI=1S/C14H21NO3/c1-17-14(18-2)10-15(11-14)13(9-16)8-12-6-4-3-5-7-12/h3-7,13,16H,8-11H2,1-2H3. The van der Waals surface area contributed by atoms with Gasteiger partial charge in [-0.05, 0) is 12.0 Å². The van der Waals surface area contributed by atoms with E-state index in [0.29, 0.717) is 13.1 Å². The number of aliphatic hydroxyl groups is 1. The molecule has 1 aromatic carbocycles. The lowest BCUT2D eigenvalue weighted by molar-refractivity contribution is -0.283. The summed E-state index contributed by atoms with van der Waals surface area (Å²) in [5.74, 6) is -0.482. The van der Waals surface area contributed by atoms with E-state index in [0.717, 1.165) is 6.42 Å². The van der Waals surface area contributed by atoms with Gasteiger partial charge in [-0.2, -0.15) is 0 Å². The van der Waals surface area contributed by atoms with E-state index in [9.17, 15) is 5.11 Å². The second kappa shape index (κ2) is 5.80. The van der Waals surface area contributed by atoms with Crippen molar-refractivity contribution in [1.82, 2.24) is 4.90 Å². The van der Waals surface area contributed by atoms with E-state index in [2.05, 4.69) is 17.0 Å². The van der Waals surface area contributed by atoms with Crippen molar-refractivity contribution in [2.45, 2.75) is 18.2 Å². The number of aliphatic hydroxyl groups excluding tert-OH is 1. The third-order valence-corrected chi connectivity index (χ3v) is 3.67. The Labute approximate surface area is 108 Å². The molecule has 0 spiro atoms. The lowest BCUT2D eigenvalue weighted by atomic mass is 9.99. The van der Waals surface area contributed by atoms with Crippen molar-refractivity contribution in [3.05, 3.63) is 35.9 Å². The molecule has 100 valence electrons. The quantitative estimate of drug-likeness (QED) is 0.763. The molecule has 1 unspecified atom stereocenters. The van der Waals surface area contributed by atoms with Gasteiger partial charge in [0.15, 0.2) is 5.79 Å². The van der Waals surface area contributed by atoms with Gasteiger partial charge in [0.25, 0.3) is 0 Å². The van der Waals surface area contributed by atoms with Gasteiger partial charge in [0, 0.05) is 20.3 Å². The van der Waals surface area contributed by atoms with E-state index in [1.54, 1.807) is 14.2 Å². The van der Waals surface area contributed by atoms with Gasteiger partial charge in [-0.15, -0.1) is 0 Å². The summed E-state index contributed by atoms with van der Waals surface area (Å²) in [6.45, 7) is 1.56. The van der Waals surface area contributed by atoms with Gasteiger partial charge in [-0.1, -0.05) is 30.3 Å². The number of nitrogens with zero attached hydrogens (tertiary/aromatic N) is 1. The summed E-state index contributed by atoms with van der Waals surface area (Å²) in [7, 11) is 3.32. The highest BCUT2D eigenvalue weighted by atomic mass is 16.7. The summed E-state index contributed by atoms with van der Waals surface area (Å²) in [4.78, 5) is 2.19. The van der Waals surface area contributed by atoms with Crippen molar-refractivity contribution in [2.75, 3.05) is 33.9 Å². The zero-order valence-corrected chi connectivity index (χ0v) is 11.0. The predicted octanol–water partition coefficient (Wildman–Crippen LogP) is 0.895. The molecule has 1 heterocycles. The highest BCUT2D eigenvalue weighted by Crippen LogP contribution is 2.28. The topological polar surface area (TPSA) is 41.9 Å². The van der Waals surface area contributed by atoms with Crippen LogP contribution in [0.25, 0.3) is 0 Å². The smallest absolute Gasteiger partial charge is 0.193 e.